The Morgan fingerprint density at radius 3 is 1.68 bits per heavy atom. The summed E-state index contributed by atoms with van der Waals surface area (Å²) in [5.41, 5.74) is -0.446. The first kappa shape index (κ1) is 23.6. The molecule has 0 aromatic heterocycles. The van der Waals surface area contributed by atoms with Gasteiger partial charge in [-0.1, -0.05) is 61.3 Å². The summed E-state index contributed by atoms with van der Waals surface area (Å²) in [4.78, 5) is 10.5. The first-order valence-corrected chi connectivity index (χ1v) is 10.5. The second kappa shape index (κ2) is 8.99. The van der Waals surface area contributed by atoms with E-state index in [4.69, 9.17) is 23.7 Å². The largest absolute Gasteiger partial charge is 0.467 e. The van der Waals surface area contributed by atoms with Gasteiger partial charge in [-0.15, -0.1) is 0 Å². The molecular formula is C22H40O6. The van der Waals surface area contributed by atoms with Crippen LogP contribution in [0.4, 0.5) is 0 Å². The van der Waals surface area contributed by atoms with Crippen molar-refractivity contribution < 1.29 is 28.5 Å². The lowest BCUT2D eigenvalue weighted by molar-refractivity contribution is -0.337. The van der Waals surface area contributed by atoms with Crippen molar-refractivity contribution in [1.82, 2.24) is 0 Å². The van der Waals surface area contributed by atoms with Gasteiger partial charge in [-0.25, -0.2) is 0 Å². The van der Waals surface area contributed by atoms with E-state index in [1.165, 1.54) is 0 Å². The Balaban J connectivity index is 1.89. The van der Waals surface area contributed by atoms with E-state index in [-0.39, 0.29) is 23.7 Å². The number of hydrogen-bond donors (Lipinski definition) is 0. The van der Waals surface area contributed by atoms with E-state index in [1.807, 2.05) is 13.8 Å². The molecule has 0 N–H and O–H groups in total. The molecule has 2 aliphatic heterocycles. The van der Waals surface area contributed by atoms with Gasteiger partial charge < -0.3 is 23.7 Å². The molecule has 6 heteroatoms. The van der Waals surface area contributed by atoms with Crippen LogP contribution in [0, 0.1) is 21.7 Å². The van der Waals surface area contributed by atoms with Crippen LogP contribution in [-0.2, 0) is 28.5 Å². The smallest absolute Gasteiger partial charge is 0.293 e. The Labute approximate surface area is 170 Å². The highest BCUT2D eigenvalue weighted by Gasteiger charge is 2.48. The molecule has 0 unspecified atom stereocenters. The Kier molecular flexibility index (Phi) is 7.57. The van der Waals surface area contributed by atoms with Crippen LogP contribution in [0.5, 0.6) is 0 Å². The number of hydrogen-bond acceptors (Lipinski definition) is 6. The molecule has 2 heterocycles. The third kappa shape index (κ3) is 5.47. The zero-order valence-corrected chi connectivity index (χ0v) is 18.8. The molecule has 0 atom stereocenters. The number of rotatable bonds is 9. The lowest BCUT2D eigenvalue weighted by Gasteiger charge is -2.49. The molecule has 0 bridgehead atoms. The predicted octanol–water partition coefficient (Wildman–Crippen LogP) is 4.16. The summed E-state index contributed by atoms with van der Waals surface area (Å²) in [6.45, 7) is 18.1. The van der Waals surface area contributed by atoms with Crippen molar-refractivity contribution in [3.63, 3.8) is 0 Å². The van der Waals surface area contributed by atoms with Crippen LogP contribution in [0.2, 0.25) is 0 Å². The number of carbonyl (C=O) groups excluding carboxylic acids is 1. The maximum absolute atomic E-state index is 10.5. The van der Waals surface area contributed by atoms with E-state index >= 15 is 0 Å². The Morgan fingerprint density at radius 2 is 1.29 bits per heavy atom. The van der Waals surface area contributed by atoms with Gasteiger partial charge in [-0.2, -0.15) is 0 Å². The van der Waals surface area contributed by atoms with Gasteiger partial charge in [0.15, 0.2) is 12.6 Å². The summed E-state index contributed by atoms with van der Waals surface area (Å²) in [5, 5.41) is 0. The second-order valence-corrected chi connectivity index (χ2v) is 10.5. The van der Waals surface area contributed by atoms with Crippen molar-refractivity contribution in [3.05, 3.63) is 0 Å². The van der Waals surface area contributed by atoms with E-state index in [0.717, 1.165) is 19.3 Å². The molecule has 2 aliphatic rings. The van der Waals surface area contributed by atoms with E-state index in [2.05, 4.69) is 34.6 Å². The Bertz CT molecular complexity index is 493. The van der Waals surface area contributed by atoms with Gasteiger partial charge in [0, 0.05) is 10.8 Å². The summed E-state index contributed by atoms with van der Waals surface area (Å²) in [6.07, 6.45) is 2.73. The van der Waals surface area contributed by atoms with E-state index in [9.17, 15) is 4.79 Å². The van der Waals surface area contributed by atoms with E-state index < -0.39 is 11.7 Å². The summed E-state index contributed by atoms with van der Waals surface area (Å²) in [5.74, 6) is 0. The zero-order chi connectivity index (χ0) is 21.1. The summed E-state index contributed by atoms with van der Waals surface area (Å²) < 4.78 is 29.3. The molecule has 1 spiro atoms. The molecular weight excluding hydrogens is 360 g/mol. The molecule has 164 valence electrons. The minimum absolute atomic E-state index is 0.0601. The molecule has 6 nitrogen and oxygen atoms in total. The summed E-state index contributed by atoms with van der Waals surface area (Å²) >= 11 is 0. The fourth-order valence-corrected chi connectivity index (χ4v) is 4.26. The normalized spacial score (nSPS) is 29.7. The molecule has 2 saturated heterocycles. The van der Waals surface area contributed by atoms with Crippen LogP contribution >= 0.6 is 0 Å². The summed E-state index contributed by atoms with van der Waals surface area (Å²) in [6, 6.07) is 0. The van der Waals surface area contributed by atoms with Crippen LogP contribution < -0.4 is 0 Å². The van der Waals surface area contributed by atoms with Crippen LogP contribution in [-0.4, -0.2) is 52.1 Å². The fraction of sp³-hybridized carbons (Fsp3) is 0.955. The molecule has 2 fully saturated rings. The highest BCUT2D eigenvalue weighted by Crippen LogP contribution is 2.44. The van der Waals surface area contributed by atoms with Crippen molar-refractivity contribution in [3.8, 4) is 0 Å². The predicted molar refractivity (Wildman–Crippen MR) is 107 cm³/mol. The monoisotopic (exact) mass is 400 g/mol. The lowest BCUT2D eigenvalue weighted by Crippen LogP contribution is -2.56. The Morgan fingerprint density at radius 1 is 0.857 bits per heavy atom. The molecule has 2 rings (SSSR count). The standard InChI is InChI=1S/C22H40O6/c1-8-21(7,9-2)10-19(3,4)17-25-12-22(13-26-17)14-27-18(28-15-22)20(5,6)11-24-16-23/h16-18H,8-15H2,1-7H3. The molecule has 0 aliphatic carbocycles. The molecule has 0 saturated carbocycles. The average molecular weight is 401 g/mol. The van der Waals surface area contributed by atoms with Crippen molar-refractivity contribution in [1.29, 1.82) is 0 Å². The van der Waals surface area contributed by atoms with Gasteiger partial charge in [-0.3, -0.25) is 4.79 Å². The van der Waals surface area contributed by atoms with Gasteiger partial charge in [-0.05, 0) is 11.8 Å². The first-order chi connectivity index (χ1) is 13.0. The van der Waals surface area contributed by atoms with E-state index in [0.29, 0.717) is 38.3 Å². The number of carbonyl (C=O) groups is 1. The molecule has 0 amide bonds. The van der Waals surface area contributed by atoms with Gasteiger partial charge in [0.1, 0.15) is 6.61 Å². The van der Waals surface area contributed by atoms with Gasteiger partial charge in [0.2, 0.25) is 0 Å². The van der Waals surface area contributed by atoms with E-state index in [1.54, 1.807) is 0 Å². The van der Waals surface area contributed by atoms with Crippen molar-refractivity contribution >= 4 is 6.47 Å². The number of ether oxygens (including phenoxy) is 5. The highest BCUT2D eigenvalue weighted by molar-refractivity contribution is 5.37. The van der Waals surface area contributed by atoms with Gasteiger partial charge in [0.05, 0.1) is 31.8 Å². The molecule has 0 aromatic rings. The summed E-state index contributed by atoms with van der Waals surface area (Å²) in [7, 11) is 0. The maximum atomic E-state index is 10.5. The van der Waals surface area contributed by atoms with Crippen molar-refractivity contribution in [2.75, 3.05) is 33.0 Å². The quantitative estimate of drug-likeness (QED) is 0.542. The van der Waals surface area contributed by atoms with Crippen LogP contribution in [0.3, 0.4) is 0 Å². The van der Waals surface area contributed by atoms with Crippen LogP contribution in [0.15, 0.2) is 0 Å². The highest BCUT2D eigenvalue weighted by atomic mass is 16.7. The van der Waals surface area contributed by atoms with Crippen molar-refractivity contribution in [2.24, 2.45) is 21.7 Å². The minimum atomic E-state index is -0.415. The molecule has 0 aromatic carbocycles. The first-order valence-electron chi connectivity index (χ1n) is 10.5. The average Bonchev–Trinajstić information content (AvgIpc) is 2.67. The fourth-order valence-electron chi connectivity index (χ4n) is 4.26. The third-order valence-corrected chi connectivity index (χ3v) is 6.55. The van der Waals surface area contributed by atoms with Crippen LogP contribution in [0.25, 0.3) is 0 Å². The molecule has 28 heavy (non-hydrogen) atoms. The Hall–Kier alpha value is -0.690. The lowest BCUT2D eigenvalue weighted by atomic mass is 9.70. The van der Waals surface area contributed by atoms with Gasteiger partial charge in [0.25, 0.3) is 6.47 Å². The maximum Gasteiger partial charge on any atom is 0.293 e. The van der Waals surface area contributed by atoms with Gasteiger partial charge >= 0.3 is 0 Å². The SMILES string of the molecule is CCC(C)(CC)CC(C)(C)C1OCC2(COC(C(C)(C)COC=O)OC2)CO1. The van der Waals surface area contributed by atoms with Crippen molar-refractivity contribution in [2.45, 2.75) is 80.3 Å². The second-order valence-electron chi connectivity index (χ2n) is 10.5. The molecule has 0 radical (unpaired) electrons. The van der Waals surface area contributed by atoms with Crippen LogP contribution in [0.1, 0.15) is 67.7 Å². The zero-order valence-electron chi connectivity index (χ0n) is 18.8. The minimum Gasteiger partial charge on any atom is -0.467 e. The third-order valence-electron chi connectivity index (χ3n) is 6.55. The topological polar surface area (TPSA) is 63.2 Å².